The number of nitrogens with one attached hydrogen (secondary N) is 1. The summed E-state index contributed by atoms with van der Waals surface area (Å²) in [5, 5.41) is 2.58. The van der Waals surface area contributed by atoms with Crippen LogP contribution in [0.4, 0.5) is 0 Å². The van der Waals surface area contributed by atoms with Gasteiger partial charge in [-0.25, -0.2) is 0 Å². The molecule has 0 heterocycles. The molecular formula is C9H29N3O15P5+. The molecule has 0 aliphatic carbocycles. The molecule has 0 bridgehead atoms. The third-order valence-corrected chi connectivity index (χ3v) is 8.03. The zero-order chi connectivity index (χ0) is 25.6. The lowest BCUT2D eigenvalue weighted by atomic mass is 10.4. The highest BCUT2D eigenvalue weighted by Crippen LogP contribution is 2.49. The van der Waals surface area contributed by atoms with E-state index in [1.165, 1.54) is 0 Å². The van der Waals surface area contributed by atoms with E-state index in [1.54, 1.807) is 0 Å². The maximum Gasteiger partial charge on any atom is 0.379 e. The summed E-state index contributed by atoms with van der Waals surface area (Å²) in [4.78, 5) is 92.2. The van der Waals surface area contributed by atoms with Crippen molar-refractivity contribution in [2.45, 2.75) is 0 Å². The van der Waals surface area contributed by atoms with Gasteiger partial charge in [-0.15, -0.1) is 0 Å². The van der Waals surface area contributed by atoms with Gasteiger partial charge in [-0.2, -0.15) is 0 Å². The maximum atomic E-state index is 11.5. The van der Waals surface area contributed by atoms with Gasteiger partial charge in [-0.3, -0.25) is 32.2 Å². The van der Waals surface area contributed by atoms with Crippen LogP contribution in [0.2, 0.25) is 0 Å². The van der Waals surface area contributed by atoms with Crippen LogP contribution >= 0.6 is 38.0 Å². The minimum absolute atomic E-state index is 0.193. The van der Waals surface area contributed by atoms with Crippen LogP contribution in [0.25, 0.3) is 0 Å². The van der Waals surface area contributed by atoms with Crippen molar-refractivity contribution in [2.75, 3.05) is 57.6 Å². The van der Waals surface area contributed by atoms with Crippen molar-refractivity contribution in [3.05, 3.63) is 0 Å². The molecule has 0 fully saturated rings. The molecule has 23 heteroatoms. The number of hydrogen-bond acceptors (Lipinski definition) is 7. The quantitative estimate of drug-likeness (QED) is 0.0510. The molecule has 0 spiro atoms. The van der Waals surface area contributed by atoms with E-state index in [1.807, 2.05) is 0 Å². The van der Waals surface area contributed by atoms with Crippen molar-refractivity contribution in [1.82, 2.24) is 10.2 Å². The first-order valence-electron chi connectivity index (χ1n) is 8.41. The summed E-state index contributed by atoms with van der Waals surface area (Å²) in [6.07, 6.45) is -5.81. The van der Waals surface area contributed by atoms with Crippen molar-refractivity contribution in [1.29, 1.82) is 0 Å². The first-order chi connectivity index (χ1) is 13.9. The Labute approximate surface area is 182 Å². The summed E-state index contributed by atoms with van der Waals surface area (Å²) in [6.45, 7) is -1.40. The Morgan fingerprint density at radius 2 is 0.906 bits per heavy atom. The third-order valence-electron chi connectivity index (χ3n) is 3.59. The van der Waals surface area contributed by atoms with Gasteiger partial charge in [-0.05, 0) is 0 Å². The minimum atomic E-state index is -5.00. The molecule has 0 radical (unpaired) electrons. The molecule has 0 aliphatic rings. The van der Waals surface area contributed by atoms with Crippen molar-refractivity contribution in [3.63, 3.8) is 0 Å². The van der Waals surface area contributed by atoms with E-state index < -0.39 is 80.4 Å². The molecule has 0 saturated heterocycles. The first kappa shape index (κ1) is 32.6. The fraction of sp³-hybridized carbons (Fsp3) is 1.00. The molecular weight excluding hydrogens is 545 g/mol. The van der Waals surface area contributed by atoms with Gasteiger partial charge in [0.05, 0.1) is 6.54 Å². The molecule has 0 saturated carbocycles. The topological polar surface area (TPSA) is 303 Å². The highest BCUT2D eigenvalue weighted by atomic mass is 31.2. The van der Waals surface area contributed by atoms with Crippen LogP contribution in [0.15, 0.2) is 0 Å². The Morgan fingerprint density at radius 3 is 1.19 bits per heavy atom. The monoisotopic (exact) mass is 574 g/mol. The highest BCUT2D eigenvalue weighted by Gasteiger charge is 2.45. The summed E-state index contributed by atoms with van der Waals surface area (Å²) in [7, 11) is -24.3. The van der Waals surface area contributed by atoms with Crippen LogP contribution in [0, 0.1) is 0 Å². The predicted octanol–water partition coefficient (Wildman–Crippen LogP) is -2.63. The Bertz CT molecular complexity index is 754. The predicted molar refractivity (Wildman–Crippen MR) is 109 cm³/mol. The zero-order valence-electron chi connectivity index (χ0n) is 16.5. The average Bonchev–Trinajstić information content (AvgIpc) is 2.36. The largest absolute Gasteiger partial charge is 0.379 e. The average molecular weight is 574 g/mol. The molecule has 0 atom stereocenters. The smallest absolute Gasteiger partial charge is 0.324 e. The molecule has 0 amide bonds. The van der Waals surface area contributed by atoms with Crippen molar-refractivity contribution in [3.8, 4) is 0 Å². The van der Waals surface area contributed by atoms with Crippen LogP contribution in [-0.4, -0.2) is 116 Å². The molecule has 0 unspecified atom stereocenters. The summed E-state index contributed by atoms with van der Waals surface area (Å²) in [6, 6.07) is 0. The SMILES string of the molecule is O=P(O)(O)CN(CCNCC[N+](CP(=O)(O)O)(CP(=O)(O)O)CP(=O)(O)O)CP(=O)(O)O. The van der Waals surface area contributed by atoms with Crippen LogP contribution < -0.4 is 5.32 Å². The van der Waals surface area contributed by atoms with Crippen molar-refractivity contribution in [2.24, 2.45) is 0 Å². The van der Waals surface area contributed by atoms with Gasteiger partial charge < -0.3 is 54.3 Å². The zero-order valence-corrected chi connectivity index (χ0v) is 21.0. The molecule has 0 aromatic heterocycles. The summed E-state index contributed by atoms with van der Waals surface area (Å²) in [5.74, 6) is 0. The lowest BCUT2D eigenvalue weighted by Crippen LogP contribution is -2.53. The molecule has 0 aromatic rings. The fourth-order valence-electron chi connectivity index (χ4n) is 2.90. The lowest BCUT2D eigenvalue weighted by molar-refractivity contribution is -0.897. The second kappa shape index (κ2) is 12.0. The standard InChI is InChI=1S/C9H28N3O15P5/c13-28(14,15)5-11(6-29(16,17)18)3-1-10-2-4-12(7-30(19,20)21,8-31(22,23)24)9-32(25,26)27/h10H,1-9H2,(H9-,13,14,15,16,17,18,19,20,21,22,23,24,25,26,27)/p+1. The van der Waals surface area contributed by atoms with E-state index >= 15 is 0 Å². The summed E-state index contributed by atoms with van der Waals surface area (Å²) in [5.41, 5.74) is 0. The Morgan fingerprint density at radius 1 is 0.562 bits per heavy atom. The lowest BCUT2D eigenvalue weighted by Gasteiger charge is -2.38. The number of rotatable bonds is 16. The van der Waals surface area contributed by atoms with Gasteiger partial charge in [0, 0.05) is 19.6 Å². The molecule has 32 heavy (non-hydrogen) atoms. The molecule has 0 rings (SSSR count). The molecule has 0 aliphatic heterocycles. The van der Waals surface area contributed by atoms with Gasteiger partial charge in [0.15, 0.2) is 18.9 Å². The highest BCUT2D eigenvalue weighted by molar-refractivity contribution is 7.53. The molecule has 11 N–H and O–H groups in total. The van der Waals surface area contributed by atoms with E-state index in [4.69, 9.17) is 19.6 Å². The van der Waals surface area contributed by atoms with E-state index in [0.717, 1.165) is 4.90 Å². The van der Waals surface area contributed by atoms with Gasteiger partial charge >= 0.3 is 38.0 Å². The van der Waals surface area contributed by atoms with E-state index in [0.29, 0.717) is 0 Å². The molecule has 0 aromatic carbocycles. The van der Waals surface area contributed by atoms with E-state index in [9.17, 15) is 52.2 Å². The van der Waals surface area contributed by atoms with Gasteiger partial charge in [0.1, 0.15) is 12.6 Å². The fourth-order valence-corrected chi connectivity index (χ4v) is 8.43. The molecule has 18 nitrogen and oxygen atoms in total. The van der Waals surface area contributed by atoms with Gasteiger partial charge in [0.2, 0.25) is 0 Å². The van der Waals surface area contributed by atoms with Crippen LogP contribution in [0.1, 0.15) is 0 Å². The maximum absolute atomic E-state index is 11.5. The van der Waals surface area contributed by atoms with E-state index in [2.05, 4.69) is 5.32 Å². The minimum Gasteiger partial charge on any atom is -0.324 e. The second-order valence-corrected chi connectivity index (χ2v) is 15.3. The van der Waals surface area contributed by atoms with Crippen LogP contribution in [0.3, 0.4) is 0 Å². The van der Waals surface area contributed by atoms with Crippen LogP contribution in [-0.2, 0) is 22.8 Å². The third kappa shape index (κ3) is 19.0. The van der Waals surface area contributed by atoms with E-state index in [-0.39, 0.29) is 19.6 Å². The normalized spacial score (nSPS) is 14.8. The van der Waals surface area contributed by atoms with Crippen LogP contribution in [0.5, 0.6) is 0 Å². The van der Waals surface area contributed by atoms with Crippen molar-refractivity contribution < 1.29 is 76.2 Å². The van der Waals surface area contributed by atoms with Gasteiger partial charge in [-0.1, -0.05) is 0 Å². The Kier molecular flexibility index (Phi) is 12.3. The molecule has 194 valence electrons. The number of hydrogen-bond donors (Lipinski definition) is 11. The number of nitrogens with zero attached hydrogens (tertiary/aromatic N) is 2. The van der Waals surface area contributed by atoms with Crippen molar-refractivity contribution >= 4 is 38.0 Å². The number of quaternary nitrogens is 1. The first-order valence-corrected chi connectivity index (χ1v) is 17.4. The Hall–Kier alpha value is 0.630. The summed E-state index contributed by atoms with van der Waals surface area (Å²) >= 11 is 0. The summed E-state index contributed by atoms with van der Waals surface area (Å²) < 4.78 is 55.3. The second-order valence-electron chi connectivity index (χ2n) is 7.24. The Balaban J connectivity index is 5.32. The van der Waals surface area contributed by atoms with Gasteiger partial charge in [0.25, 0.3) is 0 Å².